The summed E-state index contributed by atoms with van der Waals surface area (Å²) < 4.78 is 0. The zero-order valence-electron chi connectivity index (χ0n) is 12.0. The van der Waals surface area contributed by atoms with Gasteiger partial charge in [0.15, 0.2) is 0 Å². The van der Waals surface area contributed by atoms with Crippen LogP contribution in [0.5, 0.6) is 0 Å². The highest BCUT2D eigenvalue weighted by atomic mass is 14.9. The number of hydrogen-bond acceptors (Lipinski definition) is 1. The van der Waals surface area contributed by atoms with Gasteiger partial charge in [-0.2, -0.15) is 0 Å². The van der Waals surface area contributed by atoms with Gasteiger partial charge in [0.25, 0.3) is 0 Å². The van der Waals surface area contributed by atoms with Gasteiger partial charge in [-0.1, -0.05) is 57.7 Å². The van der Waals surface area contributed by atoms with Gasteiger partial charge in [-0.25, -0.2) is 0 Å². The van der Waals surface area contributed by atoms with Crippen molar-refractivity contribution in [2.75, 3.05) is 11.9 Å². The van der Waals surface area contributed by atoms with Crippen LogP contribution < -0.4 is 5.32 Å². The Hall–Kier alpha value is -0.980. The largest absolute Gasteiger partial charge is 0.384 e. The molecule has 3 rings (SSSR count). The molecular formula is C17H27N. The first-order valence-electron chi connectivity index (χ1n) is 7.61. The average Bonchev–Trinajstić information content (AvgIpc) is 2.40. The van der Waals surface area contributed by atoms with Crippen molar-refractivity contribution >= 4 is 5.69 Å². The number of fused-ring (bicyclic) bond motifs is 1. The number of rotatable bonds is 0. The Bertz CT molecular complexity index is 364. The summed E-state index contributed by atoms with van der Waals surface area (Å²) in [5.74, 6) is 0. The molecule has 1 aliphatic carbocycles. The Morgan fingerprint density at radius 2 is 1.72 bits per heavy atom. The summed E-state index contributed by atoms with van der Waals surface area (Å²) in [5.41, 5.74) is 3.49. The highest BCUT2D eigenvalue weighted by Crippen LogP contribution is 2.43. The first kappa shape index (κ1) is 13.5. The molecule has 1 heteroatoms. The summed E-state index contributed by atoms with van der Waals surface area (Å²) in [6.45, 7) is 5.45. The summed E-state index contributed by atoms with van der Waals surface area (Å²) in [4.78, 5) is 0. The first-order valence-corrected chi connectivity index (χ1v) is 7.61. The summed E-state index contributed by atoms with van der Waals surface area (Å²) in [7, 11) is 0. The molecule has 0 unspecified atom stereocenters. The van der Waals surface area contributed by atoms with Crippen LogP contribution in [-0.4, -0.2) is 6.54 Å². The molecule has 0 saturated heterocycles. The standard InChI is InChI=1S/C14H19N.C3H8/c1-4-8-14(9-5-1)10-12-6-2-3-7-13(12)15-11-14;1-3-2/h2-3,6-7,15H,1,4-5,8-11H2;3H2,1-2H3. The molecule has 1 N–H and O–H groups in total. The molecule has 1 heterocycles. The third kappa shape index (κ3) is 3.07. The molecule has 2 aliphatic rings. The molecule has 0 atom stereocenters. The van der Waals surface area contributed by atoms with Crippen molar-refractivity contribution in [1.82, 2.24) is 0 Å². The lowest BCUT2D eigenvalue weighted by molar-refractivity contribution is 0.199. The molecule has 1 spiro atoms. The maximum absolute atomic E-state index is 3.62. The second kappa shape index (κ2) is 6.26. The van der Waals surface area contributed by atoms with E-state index in [9.17, 15) is 0 Å². The number of benzene rings is 1. The van der Waals surface area contributed by atoms with E-state index in [1.807, 2.05) is 0 Å². The van der Waals surface area contributed by atoms with Gasteiger partial charge in [0.05, 0.1) is 0 Å². The first-order chi connectivity index (χ1) is 8.79. The molecular weight excluding hydrogens is 218 g/mol. The van der Waals surface area contributed by atoms with Gasteiger partial charge < -0.3 is 5.32 Å². The molecule has 1 aromatic rings. The van der Waals surface area contributed by atoms with Crippen LogP contribution in [0.2, 0.25) is 0 Å². The molecule has 1 saturated carbocycles. The number of nitrogens with one attached hydrogen (secondary N) is 1. The summed E-state index contributed by atoms with van der Waals surface area (Å²) in [5, 5.41) is 3.62. The molecule has 1 aromatic carbocycles. The fraction of sp³-hybridized carbons (Fsp3) is 0.647. The van der Waals surface area contributed by atoms with Crippen LogP contribution >= 0.6 is 0 Å². The highest BCUT2D eigenvalue weighted by molar-refractivity contribution is 5.53. The van der Waals surface area contributed by atoms with Crippen LogP contribution in [-0.2, 0) is 6.42 Å². The molecule has 0 aromatic heterocycles. The topological polar surface area (TPSA) is 12.0 Å². The Balaban J connectivity index is 0.000000367. The molecule has 0 amide bonds. The SMILES string of the molecule is CCC.c1ccc2c(c1)CC1(CCCCC1)CN2. The zero-order chi connectivity index (χ0) is 12.8. The van der Waals surface area contributed by atoms with E-state index in [0.29, 0.717) is 5.41 Å². The van der Waals surface area contributed by atoms with Crippen molar-refractivity contribution in [3.63, 3.8) is 0 Å². The summed E-state index contributed by atoms with van der Waals surface area (Å²) >= 11 is 0. The molecule has 0 radical (unpaired) electrons. The van der Waals surface area contributed by atoms with Crippen LogP contribution in [0.4, 0.5) is 5.69 Å². The quantitative estimate of drug-likeness (QED) is 0.676. The molecule has 100 valence electrons. The van der Waals surface area contributed by atoms with E-state index in [1.54, 1.807) is 0 Å². The lowest BCUT2D eigenvalue weighted by atomic mass is 9.68. The number of para-hydroxylation sites is 1. The monoisotopic (exact) mass is 245 g/mol. The predicted molar refractivity (Wildman–Crippen MR) is 80.1 cm³/mol. The minimum atomic E-state index is 0.590. The second-order valence-corrected chi connectivity index (χ2v) is 5.96. The smallest absolute Gasteiger partial charge is 0.0373 e. The van der Waals surface area contributed by atoms with Crippen molar-refractivity contribution in [3.05, 3.63) is 29.8 Å². The van der Waals surface area contributed by atoms with E-state index in [-0.39, 0.29) is 0 Å². The predicted octanol–water partition coefficient (Wildman–Crippen LogP) is 5.02. The Labute approximate surface area is 112 Å². The third-order valence-electron chi connectivity index (χ3n) is 4.15. The van der Waals surface area contributed by atoms with Crippen LogP contribution in [0.3, 0.4) is 0 Å². The maximum atomic E-state index is 3.62. The third-order valence-corrected chi connectivity index (χ3v) is 4.15. The van der Waals surface area contributed by atoms with Gasteiger partial charge in [0.2, 0.25) is 0 Å². The molecule has 0 bridgehead atoms. The lowest BCUT2D eigenvalue weighted by Gasteiger charge is -2.41. The van der Waals surface area contributed by atoms with Crippen molar-refractivity contribution in [2.24, 2.45) is 5.41 Å². The van der Waals surface area contributed by atoms with Gasteiger partial charge in [-0.15, -0.1) is 0 Å². The molecule has 1 aliphatic heterocycles. The van der Waals surface area contributed by atoms with Crippen molar-refractivity contribution in [1.29, 1.82) is 0 Å². The van der Waals surface area contributed by atoms with Crippen LogP contribution in [0.15, 0.2) is 24.3 Å². The number of hydrogen-bond donors (Lipinski definition) is 1. The second-order valence-electron chi connectivity index (χ2n) is 5.96. The number of anilines is 1. The Kier molecular flexibility index (Phi) is 4.68. The molecule has 1 nitrogen and oxygen atoms in total. The average molecular weight is 245 g/mol. The molecule has 1 fully saturated rings. The van der Waals surface area contributed by atoms with Gasteiger partial charge in [0.1, 0.15) is 0 Å². The Morgan fingerprint density at radius 1 is 1.06 bits per heavy atom. The van der Waals surface area contributed by atoms with Gasteiger partial charge in [0, 0.05) is 12.2 Å². The van der Waals surface area contributed by atoms with E-state index in [1.165, 1.54) is 62.7 Å². The summed E-state index contributed by atoms with van der Waals surface area (Å²) in [6.07, 6.45) is 9.72. The van der Waals surface area contributed by atoms with Crippen LogP contribution in [0.1, 0.15) is 57.9 Å². The highest BCUT2D eigenvalue weighted by Gasteiger charge is 2.35. The van der Waals surface area contributed by atoms with E-state index in [2.05, 4.69) is 43.4 Å². The van der Waals surface area contributed by atoms with Crippen molar-refractivity contribution in [2.45, 2.75) is 58.8 Å². The normalized spacial score (nSPS) is 20.3. The maximum Gasteiger partial charge on any atom is 0.0373 e. The zero-order valence-corrected chi connectivity index (χ0v) is 12.0. The fourth-order valence-electron chi connectivity index (χ4n) is 3.25. The van der Waals surface area contributed by atoms with Gasteiger partial charge in [-0.3, -0.25) is 0 Å². The van der Waals surface area contributed by atoms with Gasteiger partial charge in [-0.05, 0) is 36.3 Å². The Morgan fingerprint density at radius 3 is 2.44 bits per heavy atom. The van der Waals surface area contributed by atoms with E-state index in [4.69, 9.17) is 0 Å². The lowest BCUT2D eigenvalue weighted by Crippen LogP contribution is -2.37. The van der Waals surface area contributed by atoms with E-state index in [0.717, 1.165) is 0 Å². The minimum absolute atomic E-state index is 0.590. The minimum Gasteiger partial charge on any atom is -0.384 e. The van der Waals surface area contributed by atoms with Crippen molar-refractivity contribution < 1.29 is 0 Å². The van der Waals surface area contributed by atoms with Gasteiger partial charge >= 0.3 is 0 Å². The van der Waals surface area contributed by atoms with Crippen molar-refractivity contribution in [3.8, 4) is 0 Å². The summed E-state index contributed by atoms with van der Waals surface area (Å²) in [6, 6.07) is 8.80. The van der Waals surface area contributed by atoms with E-state index < -0.39 is 0 Å². The van der Waals surface area contributed by atoms with Crippen LogP contribution in [0, 0.1) is 5.41 Å². The van der Waals surface area contributed by atoms with Crippen LogP contribution in [0.25, 0.3) is 0 Å². The molecule has 18 heavy (non-hydrogen) atoms. The van der Waals surface area contributed by atoms with E-state index >= 15 is 0 Å². The fourth-order valence-corrected chi connectivity index (χ4v) is 3.25.